The summed E-state index contributed by atoms with van der Waals surface area (Å²) in [6.45, 7) is 4.15. The van der Waals surface area contributed by atoms with Crippen LogP contribution in [-0.2, 0) is 15.5 Å². The van der Waals surface area contributed by atoms with E-state index in [2.05, 4.69) is 20.3 Å². The van der Waals surface area contributed by atoms with Crippen LogP contribution in [0, 0.1) is 0 Å². The number of H-pyrrole nitrogens is 1. The monoisotopic (exact) mass is 456 g/mol. The van der Waals surface area contributed by atoms with Crippen molar-refractivity contribution in [2.75, 3.05) is 19.3 Å². The Bertz CT molecular complexity index is 1150. The summed E-state index contributed by atoms with van der Waals surface area (Å²) in [4.78, 5) is 35.5. The van der Waals surface area contributed by atoms with Gasteiger partial charge in [-0.2, -0.15) is 0 Å². The van der Waals surface area contributed by atoms with Gasteiger partial charge in [0.15, 0.2) is 5.82 Å². The highest BCUT2D eigenvalue weighted by Gasteiger charge is 2.22. The lowest BCUT2D eigenvalue weighted by molar-refractivity contribution is 0.0952. The molecule has 168 valence electrons. The van der Waals surface area contributed by atoms with Crippen molar-refractivity contribution in [3.63, 3.8) is 0 Å². The molecular formula is C22H25N4O5P. The lowest BCUT2D eigenvalue weighted by Crippen LogP contribution is -2.31. The van der Waals surface area contributed by atoms with Gasteiger partial charge >= 0.3 is 7.60 Å². The fourth-order valence-electron chi connectivity index (χ4n) is 2.86. The maximum absolute atomic E-state index is 12.4. The van der Waals surface area contributed by atoms with E-state index in [4.69, 9.17) is 9.05 Å². The van der Waals surface area contributed by atoms with E-state index in [1.165, 1.54) is 6.20 Å². The highest BCUT2D eigenvalue weighted by Crippen LogP contribution is 2.47. The molecule has 2 N–H and O–H groups in total. The molecule has 0 fully saturated rings. The van der Waals surface area contributed by atoms with Crippen LogP contribution in [0.3, 0.4) is 0 Å². The number of benzene rings is 1. The molecule has 0 bridgehead atoms. The van der Waals surface area contributed by atoms with E-state index >= 15 is 0 Å². The van der Waals surface area contributed by atoms with Gasteiger partial charge in [0.1, 0.15) is 17.0 Å². The van der Waals surface area contributed by atoms with Crippen LogP contribution in [0.5, 0.6) is 5.75 Å². The number of carbonyl (C=O) groups excluding carboxylic acids is 1. The number of hydrogen-bond donors (Lipinski definition) is 2. The van der Waals surface area contributed by atoms with Gasteiger partial charge in [0.25, 0.3) is 11.5 Å². The van der Waals surface area contributed by atoms with E-state index in [9.17, 15) is 14.2 Å². The van der Waals surface area contributed by atoms with Gasteiger partial charge in [-0.3, -0.25) is 14.6 Å². The van der Waals surface area contributed by atoms with E-state index in [-0.39, 0.29) is 11.7 Å². The van der Waals surface area contributed by atoms with Crippen LogP contribution in [0.2, 0.25) is 0 Å². The first-order valence-electron chi connectivity index (χ1n) is 10.2. The Balaban J connectivity index is 1.55. The van der Waals surface area contributed by atoms with Gasteiger partial charge in [0.2, 0.25) is 0 Å². The topological polar surface area (TPSA) is 123 Å². The van der Waals surface area contributed by atoms with Crippen LogP contribution >= 0.6 is 7.60 Å². The Hall–Kier alpha value is -3.29. The number of pyridine rings is 1. The molecule has 0 aliphatic rings. The van der Waals surface area contributed by atoms with Crippen molar-refractivity contribution in [3.05, 3.63) is 76.3 Å². The molecule has 0 aliphatic heterocycles. The SMILES string of the molecule is CCOP(=O)(CC)Oc1ccc(CCNC(=O)c2cnc(-c3ccccn3)[nH]c2=O)cc1. The number of hydrogen-bond acceptors (Lipinski definition) is 7. The lowest BCUT2D eigenvalue weighted by atomic mass is 10.1. The average Bonchev–Trinajstić information content (AvgIpc) is 2.81. The average molecular weight is 456 g/mol. The summed E-state index contributed by atoms with van der Waals surface area (Å²) in [6, 6.07) is 12.3. The zero-order valence-corrected chi connectivity index (χ0v) is 18.8. The van der Waals surface area contributed by atoms with Crippen molar-refractivity contribution in [1.29, 1.82) is 0 Å². The normalized spacial score (nSPS) is 12.7. The largest absolute Gasteiger partial charge is 0.424 e. The van der Waals surface area contributed by atoms with Crippen LogP contribution in [0.1, 0.15) is 29.8 Å². The molecule has 0 radical (unpaired) electrons. The van der Waals surface area contributed by atoms with Gasteiger partial charge in [-0.1, -0.05) is 25.1 Å². The maximum atomic E-state index is 12.4. The minimum absolute atomic E-state index is 0.0697. The predicted molar refractivity (Wildman–Crippen MR) is 121 cm³/mol. The standard InChI is InChI=1S/C22H25N4O5P/c1-3-30-32(29,4-2)31-17-10-8-16(9-11-17)12-14-24-21(27)18-15-25-20(26-22(18)28)19-7-5-6-13-23-19/h5-11,13,15H,3-4,12,14H2,1-2H3,(H,24,27)(H,25,26,28). The molecule has 9 nitrogen and oxygen atoms in total. The van der Waals surface area contributed by atoms with Crippen LogP contribution in [0.4, 0.5) is 0 Å². The predicted octanol–water partition coefficient (Wildman–Crippen LogP) is 3.43. The lowest BCUT2D eigenvalue weighted by Gasteiger charge is -2.17. The van der Waals surface area contributed by atoms with Crippen molar-refractivity contribution >= 4 is 13.5 Å². The number of rotatable bonds is 10. The molecule has 10 heteroatoms. The molecular weight excluding hydrogens is 431 g/mol. The number of amides is 1. The van der Waals surface area contributed by atoms with Crippen molar-refractivity contribution in [2.45, 2.75) is 20.3 Å². The minimum Gasteiger partial charge on any atom is -0.424 e. The zero-order valence-electron chi connectivity index (χ0n) is 17.9. The molecule has 1 unspecified atom stereocenters. The molecule has 2 heterocycles. The third kappa shape index (κ3) is 6.12. The Morgan fingerprint density at radius 1 is 1.12 bits per heavy atom. The Kier molecular flexibility index (Phi) is 7.92. The molecule has 0 saturated heterocycles. The molecule has 2 aromatic heterocycles. The first-order valence-corrected chi connectivity index (χ1v) is 12.0. The molecule has 1 aromatic carbocycles. The van der Waals surface area contributed by atoms with Gasteiger partial charge in [0, 0.05) is 18.9 Å². The van der Waals surface area contributed by atoms with Crippen molar-refractivity contribution in [3.8, 4) is 17.3 Å². The summed E-state index contributed by atoms with van der Waals surface area (Å²) in [6.07, 6.45) is 3.66. The van der Waals surface area contributed by atoms with Crippen LogP contribution in [-0.4, -0.2) is 40.2 Å². The molecule has 3 aromatic rings. The summed E-state index contributed by atoms with van der Waals surface area (Å²) in [5.74, 6) is 0.250. The van der Waals surface area contributed by atoms with Gasteiger partial charge in [0.05, 0.1) is 12.8 Å². The second-order valence-electron chi connectivity index (χ2n) is 6.78. The first kappa shape index (κ1) is 23.4. The van der Waals surface area contributed by atoms with Crippen molar-refractivity contribution < 1.29 is 18.4 Å². The first-order chi connectivity index (χ1) is 15.4. The highest BCUT2D eigenvalue weighted by atomic mass is 31.2. The summed E-state index contributed by atoms with van der Waals surface area (Å²) in [7, 11) is -3.13. The minimum atomic E-state index is -3.13. The van der Waals surface area contributed by atoms with E-state index in [1.54, 1.807) is 50.4 Å². The number of nitrogens with one attached hydrogen (secondary N) is 2. The van der Waals surface area contributed by atoms with E-state index in [0.717, 1.165) is 5.56 Å². The second-order valence-corrected chi connectivity index (χ2v) is 9.07. The summed E-state index contributed by atoms with van der Waals surface area (Å²) in [5, 5.41) is 2.72. The molecule has 0 aliphatic carbocycles. The summed E-state index contributed by atoms with van der Waals surface area (Å²) >= 11 is 0. The van der Waals surface area contributed by atoms with Gasteiger partial charge < -0.3 is 19.3 Å². The molecule has 1 amide bonds. The van der Waals surface area contributed by atoms with Crippen molar-refractivity contribution in [1.82, 2.24) is 20.3 Å². The molecule has 1 atom stereocenters. The quantitative estimate of drug-likeness (QED) is 0.448. The van der Waals surface area contributed by atoms with Crippen LogP contribution in [0.15, 0.2) is 59.7 Å². The third-order valence-corrected chi connectivity index (χ3v) is 6.45. The van der Waals surface area contributed by atoms with Gasteiger partial charge in [-0.25, -0.2) is 9.55 Å². The number of aromatic amines is 1. The number of aromatic nitrogens is 3. The van der Waals surface area contributed by atoms with Crippen molar-refractivity contribution in [2.24, 2.45) is 0 Å². The Labute approximate surface area is 185 Å². The van der Waals surface area contributed by atoms with Gasteiger partial charge in [-0.05, 0) is 43.2 Å². The third-order valence-electron chi connectivity index (χ3n) is 4.53. The Morgan fingerprint density at radius 3 is 2.53 bits per heavy atom. The molecule has 0 spiro atoms. The van der Waals surface area contributed by atoms with Crippen LogP contribution in [0.25, 0.3) is 11.5 Å². The van der Waals surface area contributed by atoms with E-state index < -0.39 is 19.1 Å². The fraction of sp³-hybridized carbons (Fsp3) is 0.273. The highest BCUT2D eigenvalue weighted by molar-refractivity contribution is 7.54. The number of carbonyl (C=O) groups is 1. The summed E-state index contributed by atoms with van der Waals surface area (Å²) < 4.78 is 23.2. The van der Waals surface area contributed by atoms with E-state index in [0.29, 0.717) is 36.8 Å². The second kappa shape index (κ2) is 10.8. The Morgan fingerprint density at radius 2 is 1.91 bits per heavy atom. The van der Waals surface area contributed by atoms with Crippen LogP contribution < -0.4 is 15.4 Å². The molecule has 3 rings (SSSR count). The summed E-state index contributed by atoms with van der Waals surface area (Å²) in [5.41, 5.74) is 0.854. The van der Waals surface area contributed by atoms with E-state index in [1.807, 2.05) is 12.1 Å². The molecule has 32 heavy (non-hydrogen) atoms. The number of nitrogens with zero attached hydrogens (tertiary/aromatic N) is 2. The van der Waals surface area contributed by atoms with Gasteiger partial charge in [-0.15, -0.1) is 0 Å². The maximum Gasteiger partial charge on any atom is 0.378 e. The zero-order chi connectivity index (χ0) is 23.0. The fourth-order valence-corrected chi connectivity index (χ4v) is 4.06. The molecule has 0 saturated carbocycles. The smallest absolute Gasteiger partial charge is 0.378 e.